The first kappa shape index (κ1) is 20.1. The molecule has 0 bridgehead atoms. The van der Waals surface area contributed by atoms with Crippen molar-refractivity contribution < 1.29 is 23.8 Å². The molecule has 0 atom stereocenters. The number of fused-ring (bicyclic) bond motifs is 1. The van der Waals surface area contributed by atoms with E-state index in [1.54, 1.807) is 24.3 Å². The molecule has 0 aliphatic rings. The fraction of sp³-hybridized carbons (Fsp3) is 0.174. The van der Waals surface area contributed by atoms with E-state index in [1.807, 2.05) is 43.3 Å². The Kier molecular flexibility index (Phi) is 6.24. The van der Waals surface area contributed by atoms with Gasteiger partial charge in [-0.3, -0.25) is 9.59 Å². The number of hydrogen-bond donors (Lipinski definition) is 0. The largest absolute Gasteiger partial charge is 0.490 e. The van der Waals surface area contributed by atoms with Gasteiger partial charge in [0.2, 0.25) is 0 Å². The molecule has 0 spiro atoms. The molecule has 0 N–H and O–H groups in total. The number of carbonyl (C=O) groups is 2. The van der Waals surface area contributed by atoms with Gasteiger partial charge in [0.1, 0.15) is 5.52 Å². The SMILES string of the molecule is CCOc1cccc(C=Cc2ccc3cccc(OC(C)=O)c3n2)c1OC(C)=O. The highest BCUT2D eigenvalue weighted by Crippen LogP contribution is 2.33. The second-order valence-corrected chi connectivity index (χ2v) is 6.19. The van der Waals surface area contributed by atoms with Crippen LogP contribution in [0.25, 0.3) is 23.1 Å². The molecular weight excluding hydrogens is 370 g/mol. The monoisotopic (exact) mass is 391 g/mol. The second kappa shape index (κ2) is 9.01. The van der Waals surface area contributed by atoms with Crippen LogP contribution in [0, 0.1) is 0 Å². The molecule has 1 heterocycles. The number of para-hydroxylation sites is 2. The fourth-order valence-corrected chi connectivity index (χ4v) is 2.83. The van der Waals surface area contributed by atoms with Crippen LogP contribution in [0.5, 0.6) is 17.2 Å². The highest BCUT2D eigenvalue weighted by molar-refractivity contribution is 5.88. The van der Waals surface area contributed by atoms with E-state index in [4.69, 9.17) is 14.2 Å². The Bertz CT molecular complexity index is 1090. The highest BCUT2D eigenvalue weighted by Gasteiger charge is 2.12. The van der Waals surface area contributed by atoms with Crippen molar-refractivity contribution in [1.29, 1.82) is 0 Å². The molecule has 3 aromatic rings. The van der Waals surface area contributed by atoms with E-state index >= 15 is 0 Å². The number of aromatic nitrogens is 1. The molecule has 0 unspecified atom stereocenters. The third-order valence-electron chi connectivity index (χ3n) is 3.95. The van der Waals surface area contributed by atoms with E-state index in [0.717, 1.165) is 5.39 Å². The molecule has 0 aliphatic carbocycles. The lowest BCUT2D eigenvalue weighted by atomic mass is 10.1. The van der Waals surface area contributed by atoms with Gasteiger partial charge in [-0.05, 0) is 37.3 Å². The topological polar surface area (TPSA) is 74.7 Å². The number of rotatable bonds is 6. The van der Waals surface area contributed by atoms with Crippen LogP contribution in [0.1, 0.15) is 32.0 Å². The Hall–Kier alpha value is -3.67. The van der Waals surface area contributed by atoms with Crippen molar-refractivity contribution in [2.24, 2.45) is 0 Å². The average Bonchev–Trinajstić information content (AvgIpc) is 2.68. The summed E-state index contributed by atoms with van der Waals surface area (Å²) in [5.74, 6) is 0.429. The van der Waals surface area contributed by atoms with E-state index in [9.17, 15) is 9.59 Å². The van der Waals surface area contributed by atoms with Crippen LogP contribution >= 0.6 is 0 Å². The first-order valence-corrected chi connectivity index (χ1v) is 9.18. The molecule has 0 aliphatic heterocycles. The molecule has 0 radical (unpaired) electrons. The summed E-state index contributed by atoms with van der Waals surface area (Å²) in [5, 5.41) is 0.861. The zero-order valence-corrected chi connectivity index (χ0v) is 16.5. The predicted molar refractivity (Wildman–Crippen MR) is 111 cm³/mol. The maximum Gasteiger partial charge on any atom is 0.308 e. The second-order valence-electron chi connectivity index (χ2n) is 6.19. The summed E-state index contributed by atoms with van der Waals surface area (Å²) in [6.07, 6.45) is 3.59. The summed E-state index contributed by atoms with van der Waals surface area (Å²) in [7, 11) is 0. The van der Waals surface area contributed by atoms with Crippen LogP contribution < -0.4 is 14.2 Å². The minimum atomic E-state index is -0.429. The van der Waals surface area contributed by atoms with Gasteiger partial charge in [-0.2, -0.15) is 0 Å². The van der Waals surface area contributed by atoms with Crippen molar-refractivity contribution in [2.75, 3.05) is 6.61 Å². The number of hydrogen-bond acceptors (Lipinski definition) is 6. The fourth-order valence-electron chi connectivity index (χ4n) is 2.83. The number of pyridine rings is 1. The van der Waals surface area contributed by atoms with Crippen LogP contribution in [0.3, 0.4) is 0 Å². The molecule has 0 saturated heterocycles. The van der Waals surface area contributed by atoms with Crippen LogP contribution in [-0.4, -0.2) is 23.5 Å². The first-order chi connectivity index (χ1) is 14.0. The third kappa shape index (κ3) is 4.99. The molecule has 1 aromatic heterocycles. The van der Waals surface area contributed by atoms with Crippen LogP contribution in [-0.2, 0) is 9.59 Å². The average molecular weight is 391 g/mol. The standard InChI is InChI=1S/C23H21NO5/c1-4-27-21-10-6-8-18(23(21)29-16(3)26)12-14-19-13-11-17-7-5-9-20(22(17)24-19)28-15(2)25/h5-14H,4H2,1-3H3. The Labute approximate surface area is 168 Å². The number of carbonyl (C=O) groups excluding carboxylic acids is 2. The molecule has 2 aromatic carbocycles. The minimum absolute atomic E-state index is 0.361. The lowest BCUT2D eigenvalue weighted by molar-refractivity contribution is -0.132. The molecule has 0 fully saturated rings. The summed E-state index contributed by atoms with van der Waals surface area (Å²) >= 11 is 0. The van der Waals surface area contributed by atoms with E-state index in [1.165, 1.54) is 13.8 Å². The summed E-state index contributed by atoms with van der Waals surface area (Å²) in [6.45, 7) is 5.01. The minimum Gasteiger partial charge on any atom is -0.490 e. The zero-order valence-electron chi connectivity index (χ0n) is 16.5. The summed E-state index contributed by atoms with van der Waals surface area (Å²) in [6, 6.07) is 14.6. The molecule has 0 amide bonds. The van der Waals surface area contributed by atoms with Crippen LogP contribution in [0.15, 0.2) is 48.5 Å². The van der Waals surface area contributed by atoms with Crippen molar-refractivity contribution in [1.82, 2.24) is 4.98 Å². The van der Waals surface area contributed by atoms with E-state index in [-0.39, 0.29) is 0 Å². The van der Waals surface area contributed by atoms with Gasteiger partial charge < -0.3 is 14.2 Å². The van der Waals surface area contributed by atoms with Crippen molar-refractivity contribution in [3.63, 3.8) is 0 Å². The molecular formula is C23H21NO5. The smallest absolute Gasteiger partial charge is 0.308 e. The van der Waals surface area contributed by atoms with Gasteiger partial charge in [0.25, 0.3) is 0 Å². The molecule has 29 heavy (non-hydrogen) atoms. The highest BCUT2D eigenvalue weighted by atomic mass is 16.6. The van der Waals surface area contributed by atoms with Crippen molar-refractivity contribution >= 4 is 35.0 Å². The Morgan fingerprint density at radius 2 is 1.62 bits per heavy atom. The maximum absolute atomic E-state index is 11.5. The molecule has 148 valence electrons. The zero-order chi connectivity index (χ0) is 20.8. The van der Waals surface area contributed by atoms with Gasteiger partial charge in [-0.25, -0.2) is 4.98 Å². The number of esters is 2. The molecule has 6 heteroatoms. The summed E-state index contributed by atoms with van der Waals surface area (Å²) in [5.41, 5.74) is 1.93. The third-order valence-corrected chi connectivity index (χ3v) is 3.95. The van der Waals surface area contributed by atoms with Gasteiger partial charge in [-0.15, -0.1) is 0 Å². The van der Waals surface area contributed by atoms with E-state index < -0.39 is 11.9 Å². The quantitative estimate of drug-likeness (QED) is 0.450. The molecule has 3 rings (SSSR count). The maximum atomic E-state index is 11.5. The van der Waals surface area contributed by atoms with Crippen molar-refractivity contribution in [3.8, 4) is 17.2 Å². The van der Waals surface area contributed by atoms with Crippen LogP contribution in [0.4, 0.5) is 0 Å². The van der Waals surface area contributed by atoms with E-state index in [2.05, 4.69) is 4.98 Å². The van der Waals surface area contributed by atoms with Crippen molar-refractivity contribution in [3.05, 3.63) is 59.8 Å². The van der Waals surface area contributed by atoms with Gasteiger partial charge in [0.05, 0.1) is 12.3 Å². The van der Waals surface area contributed by atoms with Crippen LogP contribution in [0.2, 0.25) is 0 Å². The van der Waals surface area contributed by atoms with E-state index in [0.29, 0.717) is 40.6 Å². The Morgan fingerprint density at radius 3 is 2.34 bits per heavy atom. The van der Waals surface area contributed by atoms with Crippen molar-refractivity contribution in [2.45, 2.75) is 20.8 Å². The van der Waals surface area contributed by atoms with Gasteiger partial charge in [0, 0.05) is 24.8 Å². The lowest BCUT2D eigenvalue weighted by Crippen LogP contribution is -2.05. The van der Waals surface area contributed by atoms with Gasteiger partial charge in [-0.1, -0.05) is 30.3 Å². The lowest BCUT2D eigenvalue weighted by Gasteiger charge is -2.12. The summed E-state index contributed by atoms with van der Waals surface area (Å²) < 4.78 is 16.2. The predicted octanol–water partition coefficient (Wildman–Crippen LogP) is 4.65. The van der Waals surface area contributed by atoms with Gasteiger partial charge in [0.15, 0.2) is 17.2 Å². The molecule has 0 saturated carbocycles. The first-order valence-electron chi connectivity index (χ1n) is 9.18. The number of benzene rings is 2. The number of ether oxygens (including phenoxy) is 3. The van der Waals surface area contributed by atoms with Gasteiger partial charge >= 0.3 is 11.9 Å². The Balaban J connectivity index is 1.99. The Morgan fingerprint density at radius 1 is 0.897 bits per heavy atom. The normalized spacial score (nSPS) is 10.9. The number of nitrogens with zero attached hydrogens (tertiary/aromatic N) is 1. The molecule has 6 nitrogen and oxygen atoms in total. The summed E-state index contributed by atoms with van der Waals surface area (Å²) in [4.78, 5) is 27.4.